The molecule has 0 bridgehead atoms. The van der Waals surface area contributed by atoms with Crippen LogP contribution in [0.4, 0.5) is 0 Å². The second-order valence-electron chi connectivity index (χ2n) is 4.60. The lowest BCUT2D eigenvalue weighted by molar-refractivity contribution is -0.155. The summed E-state index contributed by atoms with van der Waals surface area (Å²) in [7, 11) is 0. The predicted molar refractivity (Wildman–Crippen MR) is 67.1 cm³/mol. The van der Waals surface area contributed by atoms with E-state index in [0.29, 0.717) is 11.3 Å². The summed E-state index contributed by atoms with van der Waals surface area (Å²) in [5, 5.41) is 20.4. The van der Waals surface area contributed by atoms with E-state index in [0.717, 1.165) is 6.92 Å². The van der Waals surface area contributed by atoms with Crippen LogP contribution in [0.1, 0.15) is 28.5 Å². The minimum absolute atomic E-state index is 0.0909. The predicted octanol–water partition coefficient (Wildman–Crippen LogP) is -0.443. The average molecular weight is 268 g/mol. The fourth-order valence-electron chi connectivity index (χ4n) is 1.55. The Bertz CT molecular complexity index is 574. The molecule has 7 heteroatoms. The summed E-state index contributed by atoms with van der Waals surface area (Å²) in [5.41, 5.74) is -1.62. The monoisotopic (exact) mass is 268 g/mol. The Morgan fingerprint density at radius 2 is 2.00 bits per heavy atom. The molecule has 1 heterocycles. The molecule has 0 aliphatic rings. The van der Waals surface area contributed by atoms with Gasteiger partial charge in [-0.05, 0) is 32.4 Å². The molecule has 0 fully saturated rings. The summed E-state index contributed by atoms with van der Waals surface area (Å²) in [6.45, 7) is 3.85. The lowest BCUT2D eigenvalue weighted by Gasteiger charge is -2.18. The Balaban J connectivity index is 2.92. The highest BCUT2D eigenvalue weighted by Crippen LogP contribution is 2.05. The zero-order chi connectivity index (χ0) is 14.8. The van der Waals surface area contributed by atoms with E-state index in [1.54, 1.807) is 19.9 Å². The lowest BCUT2D eigenvalue weighted by atomic mass is 10.1. The van der Waals surface area contributed by atoms with Gasteiger partial charge in [0.15, 0.2) is 5.60 Å². The zero-order valence-electron chi connectivity index (χ0n) is 10.9. The first-order chi connectivity index (χ1) is 8.65. The number of carboxylic acids is 1. The maximum atomic E-state index is 11.8. The topological polar surface area (TPSA) is 119 Å². The fraction of sp³-hybridized carbons (Fsp3) is 0.417. The third kappa shape index (κ3) is 3.41. The highest BCUT2D eigenvalue weighted by Gasteiger charge is 2.30. The molecule has 0 aromatic carbocycles. The highest BCUT2D eigenvalue weighted by atomic mass is 16.4. The van der Waals surface area contributed by atoms with Gasteiger partial charge in [-0.15, -0.1) is 0 Å². The van der Waals surface area contributed by atoms with E-state index >= 15 is 0 Å². The first kappa shape index (κ1) is 14.9. The summed E-state index contributed by atoms with van der Waals surface area (Å²) < 4.78 is 0. The Labute approximate surface area is 109 Å². The first-order valence-electron chi connectivity index (χ1n) is 5.59. The van der Waals surface area contributed by atoms with Crippen LogP contribution in [0.3, 0.4) is 0 Å². The van der Waals surface area contributed by atoms with E-state index in [2.05, 4.69) is 10.3 Å². The SMILES string of the molecule is Cc1cc(C)c(C(=O)NCC(C)(O)C(=O)O)c(=O)[nH]1. The number of amides is 1. The fourth-order valence-corrected chi connectivity index (χ4v) is 1.55. The van der Waals surface area contributed by atoms with Crippen molar-refractivity contribution in [3.05, 3.63) is 33.2 Å². The van der Waals surface area contributed by atoms with Gasteiger partial charge in [-0.3, -0.25) is 9.59 Å². The number of aliphatic carboxylic acids is 1. The summed E-state index contributed by atoms with van der Waals surface area (Å²) in [4.78, 5) is 36.7. The van der Waals surface area contributed by atoms with Crippen LogP contribution in [-0.4, -0.2) is 39.2 Å². The maximum Gasteiger partial charge on any atom is 0.337 e. The van der Waals surface area contributed by atoms with Gasteiger partial charge in [-0.2, -0.15) is 0 Å². The molecule has 0 aliphatic carbocycles. The van der Waals surface area contributed by atoms with Gasteiger partial charge in [0, 0.05) is 5.69 Å². The van der Waals surface area contributed by atoms with Crippen molar-refractivity contribution in [1.82, 2.24) is 10.3 Å². The van der Waals surface area contributed by atoms with Crippen LogP contribution in [0, 0.1) is 13.8 Å². The summed E-state index contributed by atoms with van der Waals surface area (Å²) in [5.74, 6) is -2.18. The van der Waals surface area contributed by atoms with Crippen LogP contribution >= 0.6 is 0 Å². The average Bonchev–Trinajstić information content (AvgIpc) is 2.24. The number of H-pyrrole nitrogens is 1. The van der Waals surface area contributed by atoms with Crippen LogP contribution in [0.2, 0.25) is 0 Å². The van der Waals surface area contributed by atoms with Crippen LogP contribution in [0.25, 0.3) is 0 Å². The van der Waals surface area contributed by atoms with Gasteiger partial charge in [-0.25, -0.2) is 4.79 Å². The molecule has 104 valence electrons. The standard InChI is InChI=1S/C12H16N2O5/c1-6-4-7(2)14-10(16)8(6)9(15)13-5-12(3,19)11(17)18/h4,19H,5H2,1-3H3,(H,13,15)(H,14,16)(H,17,18). The molecular weight excluding hydrogens is 252 g/mol. The number of aryl methyl sites for hydroxylation is 2. The summed E-state index contributed by atoms with van der Waals surface area (Å²) >= 11 is 0. The molecule has 1 unspecified atom stereocenters. The Morgan fingerprint density at radius 3 is 2.47 bits per heavy atom. The number of carbonyl (C=O) groups excluding carboxylic acids is 1. The maximum absolute atomic E-state index is 11.8. The number of aliphatic hydroxyl groups is 1. The molecular formula is C12H16N2O5. The van der Waals surface area contributed by atoms with E-state index in [4.69, 9.17) is 5.11 Å². The summed E-state index contributed by atoms with van der Waals surface area (Å²) in [6.07, 6.45) is 0. The normalized spacial score (nSPS) is 13.7. The van der Waals surface area contributed by atoms with Crippen LogP contribution in [0.15, 0.2) is 10.9 Å². The molecule has 0 aliphatic heterocycles. The number of hydrogen-bond acceptors (Lipinski definition) is 4. The van der Waals surface area contributed by atoms with Crippen molar-refractivity contribution in [1.29, 1.82) is 0 Å². The molecule has 0 saturated heterocycles. The van der Waals surface area contributed by atoms with Crippen LogP contribution < -0.4 is 10.9 Å². The van der Waals surface area contributed by atoms with Crippen molar-refractivity contribution < 1.29 is 19.8 Å². The number of pyridine rings is 1. The van der Waals surface area contributed by atoms with Gasteiger partial charge >= 0.3 is 5.97 Å². The minimum atomic E-state index is -2.08. The first-order valence-corrected chi connectivity index (χ1v) is 5.59. The van der Waals surface area contributed by atoms with Crippen molar-refractivity contribution in [3.8, 4) is 0 Å². The number of aromatic nitrogens is 1. The van der Waals surface area contributed by atoms with Crippen LogP contribution in [-0.2, 0) is 4.79 Å². The molecule has 7 nitrogen and oxygen atoms in total. The molecule has 0 radical (unpaired) electrons. The van der Waals surface area contributed by atoms with E-state index in [-0.39, 0.29) is 5.56 Å². The third-order valence-electron chi connectivity index (χ3n) is 2.65. The van der Waals surface area contributed by atoms with Crippen molar-refractivity contribution in [3.63, 3.8) is 0 Å². The van der Waals surface area contributed by atoms with Gasteiger partial charge in [-0.1, -0.05) is 0 Å². The molecule has 4 N–H and O–H groups in total. The van der Waals surface area contributed by atoms with Crippen LogP contribution in [0.5, 0.6) is 0 Å². The Hall–Kier alpha value is -2.15. The van der Waals surface area contributed by atoms with E-state index in [1.807, 2.05) is 0 Å². The van der Waals surface area contributed by atoms with Crippen molar-refractivity contribution in [2.75, 3.05) is 6.54 Å². The second kappa shape index (κ2) is 5.23. The quantitative estimate of drug-likeness (QED) is 0.590. The number of carboxylic acid groups (broad SMARTS) is 1. The van der Waals surface area contributed by atoms with Crippen molar-refractivity contribution in [2.24, 2.45) is 0 Å². The van der Waals surface area contributed by atoms with Crippen molar-refractivity contribution in [2.45, 2.75) is 26.4 Å². The van der Waals surface area contributed by atoms with Gasteiger partial charge < -0.3 is 20.5 Å². The second-order valence-corrected chi connectivity index (χ2v) is 4.60. The summed E-state index contributed by atoms with van der Waals surface area (Å²) in [6, 6.07) is 1.63. The van der Waals surface area contributed by atoms with Crippen molar-refractivity contribution >= 4 is 11.9 Å². The molecule has 1 aromatic heterocycles. The zero-order valence-corrected chi connectivity index (χ0v) is 10.9. The molecule has 0 saturated carbocycles. The number of carbonyl (C=O) groups is 2. The third-order valence-corrected chi connectivity index (χ3v) is 2.65. The largest absolute Gasteiger partial charge is 0.479 e. The minimum Gasteiger partial charge on any atom is -0.479 e. The van der Waals surface area contributed by atoms with Gasteiger partial charge in [0.1, 0.15) is 5.56 Å². The number of nitrogens with one attached hydrogen (secondary N) is 2. The van der Waals surface area contributed by atoms with E-state index in [9.17, 15) is 19.5 Å². The molecule has 19 heavy (non-hydrogen) atoms. The molecule has 1 rings (SSSR count). The molecule has 1 aromatic rings. The number of hydrogen-bond donors (Lipinski definition) is 4. The Morgan fingerprint density at radius 1 is 1.42 bits per heavy atom. The van der Waals surface area contributed by atoms with Gasteiger partial charge in [0.25, 0.3) is 11.5 Å². The van der Waals surface area contributed by atoms with Gasteiger partial charge in [0.05, 0.1) is 6.54 Å². The number of aromatic amines is 1. The number of rotatable bonds is 4. The van der Waals surface area contributed by atoms with E-state index in [1.165, 1.54) is 0 Å². The smallest absolute Gasteiger partial charge is 0.337 e. The Kier molecular flexibility index (Phi) is 4.10. The molecule has 1 atom stereocenters. The van der Waals surface area contributed by atoms with Gasteiger partial charge in [0.2, 0.25) is 0 Å². The highest BCUT2D eigenvalue weighted by molar-refractivity contribution is 5.95. The van der Waals surface area contributed by atoms with E-state index < -0.39 is 29.6 Å². The molecule has 1 amide bonds. The molecule has 0 spiro atoms. The lowest BCUT2D eigenvalue weighted by Crippen LogP contribution is -2.47.